The highest BCUT2D eigenvalue weighted by atomic mass is 16.4. The minimum Gasteiger partial charge on any atom is -0.480 e. The lowest BCUT2D eigenvalue weighted by Crippen LogP contribution is -2.56. The molecule has 0 bridgehead atoms. The highest BCUT2D eigenvalue weighted by Crippen LogP contribution is 2.09. The number of hydrogen-bond acceptors (Lipinski definition) is 4. The predicted molar refractivity (Wildman–Crippen MR) is 53.6 cm³/mol. The number of rotatable bonds is 3. The number of piperazine rings is 1. The Labute approximate surface area is 91.8 Å². The zero-order valence-corrected chi connectivity index (χ0v) is 8.55. The van der Waals surface area contributed by atoms with Gasteiger partial charge in [-0.05, 0) is 12.1 Å². The van der Waals surface area contributed by atoms with Crippen LogP contribution in [0.15, 0.2) is 22.8 Å². The fourth-order valence-corrected chi connectivity index (χ4v) is 1.62. The molecule has 1 aromatic rings. The highest BCUT2D eigenvalue weighted by molar-refractivity contribution is 5.83. The van der Waals surface area contributed by atoms with Gasteiger partial charge in [-0.1, -0.05) is 0 Å². The van der Waals surface area contributed by atoms with Gasteiger partial charge in [0.1, 0.15) is 11.8 Å². The Kier molecular flexibility index (Phi) is 2.91. The van der Waals surface area contributed by atoms with E-state index in [0.717, 1.165) is 0 Å². The van der Waals surface area contributed by atoms with Crippen LogP contribution < -0.4 is 5.32 Å². The standard InChI is InChI=1S/C10H12N2O4/c13-9-4-11-8(10(14)15)6-12(9)5-7-2-1-3-16-7/h1-3,8,11H,4-6H2,(H,14,15). The lowest BCUT2D eigenvalue weighted by atomic mass is 10.2. The smallest absolute Gasteiger partial charge is 0.322 e. The third kappa shape index (κ3) is 2.22. The summed E-state index contributed by atoms with van der Waals surface area (Å²) >= 11 is 0. The average Bonchev–Trinajstić information content (AvgIpc) is 2.73. The van der Waals surface area contributed by atoms with E-state index in [1.807, 2.05) is 0 Å². The van der Waals surface area contributed by atoms with Crippen molar-refractivity contribution in [1.82, 2.24) is 10.2 Å². The molecular formula is C10H12N2O4. The van der Waals surface area contributed by atoms with Gasteiger partial charge >= 0.3 is 5.97 Å². The predicted octanol–water partition coefficient (Wildman–Crippen LogP) is -0.335. The van der Waals surface area contributed by atoms with Gasteiger partial charge in [-0.2, -0.15) is 0 Å². The van der Waals surface area contributed by atoms with Gasteiger partial charge < -0.3 is 14.4 Å². The number of aliphatic carboxylic acids is 1. The molecule has 1 aromatic heterocycles. The van der Waals surface area contributed by atoms with Crippen molar-refractivity contribution in [3.8, 4) is 0 Å². The lowest BCUT2D eigenvalue weighted by molar-refractivity contribution is -0.144. The molecule has 1 amide bonds. The van der Waals surface area contributed by atoms with Crippen LogP contribution >= 0.6 is 0 Å². The molecule has 0 aromatic carbocycles. The van der Waals surface area contributed by atoms with Crippen LogP contribution in [-0.4, -0.2) is 41.0 Å². The van der Waals surface area contributed by atoms with Gasteiger partial charge in [0.25, 0.3) is 0 Å². The summed E-state index contributed by atoms with van der Waals surface area (Å²) in [7, 11) is 0. The third-order valence-electron chi connectivity index (χ3n) is 2.48. The monoisotopic (exact) mass is 224 g/mol. The normalized spacial score (nSPS) is 21.1. The van der Waals surface area contributed by atoms with Gasteiger partial charge in [0.2, 0.25) is 5.91 Å². The van der Waals surface area contributed by atoms with E-state index in [1.165, 1.54) is 11.2 Å². The SMILES string of the molecule is O=C(O)C1CN(Cc2ccco2)C(=O)CN1. The second kappa shape index (κ2) is 4.36. The van der Waals surface area contributed by atoms with Gasteiger partial charge in [0, 0.05) is 6.54 Å². The van der Waals surface area contributed by atoms with Crippen molar-refractivity contribution in [3.63, 3.8) is 0 Å². The minimum atomic E-state index is -0.947. The fraction of sp³-hybridized carbons (Fsp3) is 0.400. The molecule has 6 heteroatoms. The number of amides is 1. The first kappa shape index (κ1) is 10.7. The van der Waals surface area contributed by atoms with Crippen LogP contribution in [0.1, 0.15) is 5.76 Å². The Morgan fingerprint density at radius 3 is 3.12 bits per heavy atom. The summed E-state index contributed by atoms with van der Waals surface area (Å²) < 4.78 is 5.12. The number of carboxylic acid groups (broad SMARTS) is 1. The quantitative estimate of drug-likeness (QED) is 0.734. The molecule has 0 spiro atoms. The first-order chi connectivity index (χ1) is 7.66. The van der Waals surface area contributed by atoms with E-state index in [-0.39, 0.29) is 19.0 Å². The second-order valence-electron chi connectivity index (χ2n) is 3.63. The van der Waals surface area contributed by atoms with Gasteiger partial charge in [-0.15, -0.1) is 0 Å². The molecule has 1 saturated heterocycles. The Morgan fingerprint density at radius 2 is 2.50 bits per heavy atom. The van der Waals surface area contributed by atoms with E-state index in [1.54, 1.807) is 12.1 Å². The van der Waals surface area contributed by atoms with Gasteiger partial charge in [0.15, 0.2) is 0 Å². The number of carbonyl (C=O) groups is 2. The second-order valence-corrected chi connectivity index (χ2v) is 3.63. The van der Waals surface area contributed by atoms with E-state index < -0.39 is 12.0 Å². The number of carboxylic acids is 1. The molecule has 86 valence electrons. The molecule has 2 rings (SSSR count). The van der Waals surface area contributed by atoms with Crippen LogP contribution in [0.5, 0.6) is 0 Å². The topological polar surface area (TPSA) is 82.8 Å². The summed E-state index contributed by atoms with van der Waals surface area (Å²) in [6.07, 6.45) is 1.52. The van der Waals surface area contributed by atoms with E-state index >= 15 is 0 Å². The molecule has 2 N–H and O–H groups in total. The summed E-state index contributed by atoms with van der Waals surface area (Å²) in [5.41, 5.74) is 0. The lowest BCUT2D eigenvalue weighted by Gasteiger charge is -2.30. The average molecular weight is 224 g/mol. The largest absolute Gasteiger partial charge is 0.480 e. The van der Waals surface area contributed by atoms with E-state index in [4.69, 9.17) is 9.52 Å². The minimum absolute atomic E-state index is 0.0532. The molecule has 0 radical (unpaired) electrons. The molecule has 0 aliphatic carbocycles. The molecule has 6 nitrogen and oxygen atoms in total. The maximum Gasteiger partial charge on any atom is 0.322 e. The first-order valence-corrected chi connectivity index (χ1v) is 4.93. The Morgan fingerprint density at radius 1 is 1.69 bits per heavy atom. The zero-order chi connectivity index (χ0) is 11.5. The van der Waals surface area contributed by atoms with Crippen molar-refractivity contribution < 1.29 is 19.1 Å². The van der Waals surface area contributed by atoms with Gasteiger partial charge in [0.05, 0.1) is 19.4 Å². The van der Waals surface area contributed by atoms with Crippen molar-refractivity contribution >= 4 is 11.9 Å². The molecule has 1 atom stereocenters. The fourth-order valence-electron chi connectivity index (χ4n) is 1.62. The molecule has 1 unspecified atom stereocenters. The Bertz CT molecular complexity index is 388. The van der Waals surface area contributed by atoms with Crippen LogP contribution in [0.25, 0.3) is 0 Å². The van der Waals surface area contributed by atoms with E-state index in [2.05, 4.69) is 5.32 Å². The van der Waals surface area contributed by atoms with Crippen molar-refractivity contribution in [1.29, 1.82) is 0 Å². The number of carbonyl (C=O) groups excluding carboxylic acids is 1. The number of nitrogens with one attached hydrogen (secondary N) is 1. The number of hydrogen-bond donors (Lipinski definition) is 2. The summed E-state index contributed by atoms with van der Waals surface area (Å²) in [6, 6.07) is 2.79. The zero-order valence-electron chi connectivity index (χ0n) is 8.55. The summed E-state index contributed by atoms with van der Waals surface area (Å²) in [5, 5.41) is 11.5. The van der Waals surface area contributed by atoms with Crippen LogP contribution in [0.2, 0.25) is 0 Å². The van der Waals surface area contributed by atoms with Crippen molar-refractivity contribution in [2.75, 3.05) is 13.1 Å². The van der Waals surface area contributed by atoms with Crippen molar-refractivity contribution in [3.05, 3.63) is 24.2 Å². The molecule has 1 aliphatic heterocycles. The molecule has 2 heterocycles. The summed E-state index contributed by atoms with van der Waals surface area (Å²) in [4.78, 5) is 23.8. The molecule has 1 fully saturated rings. The molecule has 16 heavy (non-hydrogen) atoms. The summed E-state index contributed by atoms with van der Waals surface area (Å²) in [6.45, 7) is 0.532. The van der Waals surface area contributed by atoms with Gasteiger partial charge in [-0.25, -0.2) is 0 Å². The maximum atomic E-state index is 11.5. The summed E-state index contributed by atoms with van der Waals surface area (Å²) in [5.74, 6) is -0.412. The van der Waals surface area contributed by atoms with Crippen molar-refractivity contribution in [2.24, 2.45) is 0 Å². The molecular weight excluding hydrogens is 212 g/mol. The third-order valence-corrected chi connectivity index (χ3v) is 2.48. The Hall–Kier alpha value is -1.82. The molecule has 1 aliphatic rings. The van der Waals surface area contributed by atoms with Crippen LogP contribution in [-0.2, 0) is 16.1 Å². The van der Waals surface area contributed by atoms with Gasteiger partial charge in [-0.3, -0.25) is 14.9 Å². The number of nitrogens with zero attached hydrogens (tertiary/aromatic N) is 1. The van der Waals surface area contributed by atoms with E-state index in [9.17, 15) is 9.59 Å². The maximum absolute atomic E-state index is 11.5. The Balaban J connectivity index is 2.01. The van der Waals surface area contributed by atoms with Crippen LogP contribution in [0.4, 0.5) is 0 Å². The highest BCUT2D eigenvalue weighted by Gasteiger charge is 2.29. The molecule has 0 saturated carbocycles. The van der Waals surface area contributed by atoms with Crippen molar-refractivity contribution in [2.45, 2.75) is 12.6 Å². The van der Waals surface area contributed by atoms with Crippen LogP contribution in [0.3, 0.4) is 0 Å². The first-order valence-electron chi connectivity index (χ1n) is 4.93. The van der Waals surface area contributed by atoms with Crippen LogP contribution in [0, 0.1) is 0 Å². The number of furan rings is 1. The van der Waals surface area contributed by atoms with E-state index in [0.29, 0.717) is 12.3 Å².